The normalized spacial score (nSPS) is 20.1. The fourth-order valence-electron chi connectivity index (χ4n) is 5.21. The summed E-state index contributed by atoms with van der Waals surface area (Å²) in [6, 6.07) is 17.6. The highest BCUT2D eigenvalue weighted by molar-refractivity contribution is 7.91. The number of nitrogens with zero attached hydrogens (tertiary/aromatic N) is 2. The second-order valence-electron chi connectivity index (χ2n) is 8.87. The highest BCUT2D eigenvalue weighted by Crippen LogP contribution is 2.41. The Balaban J connectivity index is 1.39. The van der Waals surface area contributed by atoms with Gasteiger partial charge in [0.2, 0.25) is 0 Å². The van der Waals surface area contributed by atoms with Crippen LogP contribution in [-0.4, -0.2) is 38.1 Å². The molecule has 0 bridgehead atoms. The monoisotopic (exact) mass is 468 g/mol. The Morgan fingerprint density at radius 2 is 1.71 bits per heavy atom. The second-order valence-corrected chi connectivity index (χ2v) is 11.0. The summed E-state index contributed by atoms with van der Waals surface area (Å²) in [4.78, 5) is 23.2. The van der Waals surface area contributed by atoms with E-state index in [1.54, 1.807) is 12.4 Å². The summed E-state index contributed by atoms with van der Waals surface area (Å²) in [6.07, 6.45) is 6.69. The van der Waals surface area contributed by atoms with Crippen LogP contribution in [0.5, 0.6) is 0 Å². The fourth-order valence-corrected chi connectivity index (χ4v) is 6.88. The van der Waals surface area contributed by atoms with Gasteiger partial charge in [0.25, 0.3) is 5.91 Å². The lowest BCUT2D eigenvalue weighted by molar-refractivity contribution is 0.0745. The molecule has 1 unspecified atom stereocenters. The minimum absolute atomic E-state index is 0.0135. The largest absolute Gasteiger partial charge is 0.360 e. The molecule has 7 heteroatoms. The maximum absolute atomic E-state index is 13.4. The Kier molecular flexibility index (Phi) is 4.88. The van der Waals surface area contributed by atoms with Crippen molar-refractivity contribution < 1.29 is 9.00 Å². The van der Waals surface area contributed by atoms with Crippen LogP contribution >= 0.6 is 0 Å². The number of fused-ring (bicyclic) bond motifs is 3. The molecular formula is C27H24N4O2S. The van der Waals surface area contributed by atoms with Crippen molar-refractivity contribution >= 4 is 32.1 Å². The number of aromatic nitrogens is 2. The van der Waals surface area contributed by atoms with E-state index in [0.717, 1.165) is 46.0 Å². The molecule has 1 fully saturated rings. The van der Waals surface area contributed by atoms with Gasteiger partial charge in [0.15, 0.2) is 0 Å². The van der Waals surface area contributed by atoms with Gasteiger partial charge in [0.05, 0.1) is 31.5 Å². The Hall–Kier alpha value is -3.71. The van der Waals surface area contributed by atoms with Gasteiger partial charge in [-0.15, -0.1) is 0 Å². The molecule has 2 aromatic heterocycles. The minimum atomic E-state index is -2.95. The number of rotatable bonds is 1. The van der Waals surface area contributed by atoms with Crippen LogP contribution in [0, 0.1) is 4.78 Å². The molecule has 0 spiro atoms. The summed E-state index contributed by atoms with van der Waals surface area (Å²) >= 11 is 0. The molecule has 4 aromatic rings. The van der Waals surface area contributed by atoms with Crippen molar-refractivity contribution in [1.82, 2.24) is 14.9 Å². The zero-order valence-electron chi connectivity index (χ0n) is 18.6. The summed E-state index contributed by atoms with van der Waals surface area (Å²) in [7, 11) is -2.95. The van der Waals surface area contributed by atoms with Crippen molar-refractivity contribution in [2.45, 2.75) is 23.5 Å². The van der Waals surface area contributed by atoms with Crippen molar-refractivity contribution in [2.24, 2.45) is 0 Å². The Bertz CT molecular complexity index is 1570. The van der Waals surface area contributed by atoms with Gasteiger partial charge in [-0.25, -0.2) is 8.99 Å². The van der Waals surface area contributed by atoms with Gasteiger partial charge in [-0.05, 0) is 47.2 Å². The van der Waals surface area contributed by atoms with E-state index in [1.165, 1.54) is 5.57 Å². The molecule has 2 N–H and O–H groups in total. The zero-order chi connectivity index (χ0) is 23.3. The van der Waals surface area contributed by atoms with Crippen molar-refractivity contribution in [1.29, 1.82) is 4.78 Å². The molecule has 6 rings (SSSR count). The van der Waals surface area contributed by atoms with Crippen molar-refractivity contribution in [3.05, 3.63) is 101 Å². The number of nitrogens with one attached hydrogen (secondary N) is 2. The summed E-state index contributed by atoms with van der Waals surface area (Å²) in [5.41, 5.74) is 6.65. The number of likely N-dealkylation sites (tertiary alicyclic amines) is 1. The summed E-state index contributed by atoms with van der Waals surface area (Å²) in [5.74, 6) is 0.204. The molecule has 0 radical (unpaired) electrons. The van der Waals surface area contributed by atoms with Gasteiger partial charge in [0, 0.05) is 37.1 Å². The van der Waals surface area contributed by atoms with E-state index in [-0.39, 0.29) is 11.7 Å². The van der Waals surface area contributed by atoms with Crippen LogP contribution in [0.25, 0.3) is 16.5 Å². The molecule has 6 nitrogen and oxygen atoms in total. The lowest BCUT2D eigenvalue weighted by Crippen LogP contribution is -2.36. The van der Waals surface area contributed by atoms with Crippen LogP contribution in [0.3, 0.4) is 0 Å². The average Bonchev–Trinajstić information content (AvgIpc) is 3.31. The van der Waals surface area contributed by atoms with Crippen LogP contribution in [0.1, 0.15) is 39.9 Å². The van der Waals surface area contributed by atoms with E-state index in [2.05, 4.69) is 16.0 Å². The number of piperidine rings is 1. The number of carbonyl (C=O) groups is 1. The average molecular weight is 469 g/mol. The molecule has 2 aliphatic rings. The number of aromatic amines is 1. The number of carbonyl (C=O) groups excluding carboxylic acids is 1. The van der Waals surface area contributed by atoms with Crippen LogP contribution in [0.4, 0.5) is 0 Å². The van der Waals surface area contributed by atoms with Crippen LogP contribution in [0.15, 0.2) is 83.7 Å². The first-order valence-electron chi connectivity index (χ1n) is 11.4. The van der Waals surface area contributed by atoms with Gasteiger partial charge in [-0.1, -0.05) is 48.0 Å². The maximum atomic E-state index is 13.4. The van der Waals surface area contributed by atoms with Gasteiger partial charge >= 0.3 is 0 Å². The number of hydrogen-bond donors (Lipinski definition) is 2. The van der Waals surface area contributed by atoms with E-state index < -0.39 is 9.73 Å². The predicted octanol–water partition coefficient (Wildman–Crippen LogP) is 5.22. The standard InChI is InChI=1S/C27H24N4O2S/c28-34(33)17-20-5-1-2-6-21(20)25(22-7-3-4-8-24(22)34)18-10-13-31(14-11-18)27(32)23-16-29-15-19-9-12-30-26(19)23/h1-9,12,15-16,28,30H,10-11,13-14,17H2. The number of H-pyrrole nitrogens is 1. The first kappa shape index (κ1) is 20.9. The molecule has 0 saturated carbocycles. The topological polar surface area (TPSA) is 89.9 Å². The first-order chi connectivity index (χ1) is 16.5. The number of benzene rings is 2. The van der Waals surface area contributed by atoms with Gasteiger partial charge in [-0.3, -0.25) is 9.78 Å². The third-order valence-electron chi connectivity index (χ3n) is 6.86. The lowest BCUT2D eigenvalue weighted by Gasteiger charge is -2.30. The summed E-state index contributed by atoms with van der Waals surface area (Å²) in [5, 5.41) is 0.927. The zero-order valence-corrected chi connectivity index (χ0v) is 19.4. The lowest BCUT2D eigenvalue weighted by atomic mass is 9.86. The molecule has 1 atom stereocenters. The third kappa shape index (κ3) is 3.35. The Morgan fingerprint density at radius 3 is 2.53 bits per heavy atom. The van der Waals surface area contributed by atoms with Crippen LogP contribution in [-0.2, 0) is 15.5 Å². The van der Waals surface area contributed by atoms with E-state index in [1.807, 2.05) is 59.6 Å². The predicted molar refractivity (Wildman–Crippen MR) is 133 cm³/mol. The minimum Gasteiger partial charge on any atom is -0.360 e. The Labute approximate surface area is 198 Å². The maximum Gasteiger partial charge on any atom is 0.257 e. The first-order valence-corrected chi connectivity index (χ1v) is 13.1. The summed E-state index contributed by atoms with van der Waals surface area (Å²) in [6.45, 7) is 1.21. The number of hydrogen-bond acceptors (Lipinski definition) is 4. The smallest absolute Gasteiger partial charge is 0.257 e. The highest BCUT2D eigenvalue weighted by atomic mass is 32.2. The molecule has 34 heavy (non-hydrogen) atoms. The number of pyridine rings is 1. The highest BCUT2D eigenvalue weighted by Gasteiger charge is 2.30. The van der Waals surface area contributed by atoms with Crippen molar-refractivity contribution in [3.63, 3.8) is 0 Å². The van der Waals surface area contributed by atoms with E-state index in [4.69, 9.17) is 4.78 Å². The SMILES string of the molecule is N=S1(=O)Cc2ccccc2C(=C2CCN(C(=O)c3cncc4cc[nH]c34)CC2)c2ccccc21. The number of amides is 1. The fraction of sp³-hybridized carbons (Fsp3) is 0.185. The molecule has 4 heterocycles. The molecule has 170 valence electrons. The summed E-state index contributed by atoms with van der Waals surface area (Å²) < 4.78 is 22.1. The van der Waals surface area contributed by atoms with E-state index in [9.17, 15) is 9.00 Å². The van der Waals surface area contributed by atoms with Crippen LogP contribution in [0.2, 0.25) is 0 Å². The molecule has 1 amide bonds. The molecule has 0 aliphatic carbocycles. The van der Waals surface area contributed by atoms with Gasteiger partial charge < -0.3 is 9.88 Å². The quantitative estimate of drug-likeness (QED) is 0.401. The van der Waals surface area contributed by atoms with Gasteiger partial charge in [-0.2, -0.15) is 0 Å². The van der Waals surface area contributed by atoms with Crippen LogP contribution < -0.4 is 0 Å². The molecular weight excluding hydrogens is 444 g/mol. The Morgan fingerprint density at radius 1 is 0.971 bits per heavy atom. The van der Waals surface area contributed by atoms with Crippen molar-refractivity contribution in [2.75, 3.05) is 13.1 Å². The van der Waals surface area contributed by atoms with E-state index in [0.29, 0.717) is 23.5 Å². The van der Waals surface area contributed by atoms with Gasteiger partial charge in [0.1, 0.15) is 0 Å². The molecule has 2 aromatic carbocycles. The second kappa shape index (κ2) is 7.95. The third-order valence-corrected chi connectivity index (χ3v) is 8.65. The molecule has 2 aliphatic heterocycles. The molecule has 1 saturated heterocycles. The van der Waals surface area contributed by atoms with Crippen molar-refractivity contribution in [3.8, 4) is 0 Å². The van der Waals surface area contributed by atoms with E-state index >= 15 is 0 Å².